The number of carbonyl (C=O) groups excluding carboxylic acids is 1. The van der Waals surface area contributed by atoms with Crippen molar-refractivity contribution in [2.45, 2.75) is 30.8 Å². The molecule has 2 rings (SSSR count). The summed E-state index contributed by atoms with van der Waals surface area (Å²) in [7, 11) is 1.82. The number of rotatable bonds is 4. The van der Waals surface area contributed by atoms with Gasteiger partial charge in [-0.05, 0) is 29.7 Å². The van der Waals surface area contributed by atoms with Crippen molar-refractivity contribution in [3.8, 4) is 0 Å². The van der Waals surface area contributed by atoms with Crippen LogP contribution in [-0.2, 0) is 11.8 Å². The van der Waals surface area contributed by atoms with Gasteiger partial charge in [0.2, 0.25) is 5.16 Å². The van der Waals surface area contributed by atoms with Gasteiger partial charge in [0.15, 0.2) is 0 Å². The number of tetrazole rings is 1. The first-order valence-electron chi connectivity index (χ1n) is 5.15. The van der Waals surface area contributed by atoms with Crippen LogP contribution >= 0.6 is 11.8 Å². The number of carbonyl (C=O) groups is 1. The largest absolute Gasteiger partial charge is 0.299 e. The Morgan fingerprint density at radius 3 is 3.07 bits per heavy atom. The molecule has 0 saturated heterocycles. The molecule has 0 aliphatic heterocycles. The van der Waals surface area contributed by atoms with Gasteiger partial charge in [-0.2, -0.15) is 0 Å². The van der Waals surface area contributed by atoms with Crippen LogP contribution < -0.4 is 0 Å². The second-order valence-electron chi connectivity index (χ2n) is 3.78. The van der Waals surface area contributed by atoms with E-state index in [1.807, 2.05) is 7.05 Å². The Hall–Kier alpha value is -0.910. The maximum Gasteiger partial charge on any atom is 0.209 e. The first-order chi connectivity index (χ1) is 7.27. The summed E-state index contributed by atoms with van der Waals surface area (Å²) in [5.74, 6) is 1.65. The third-order valence-corrected chi connectivity index (χ3v) is 3.75. The van der Waals surface area contributed by atoms with Crippen molar-refractivity contribution in [3.05, 3.63) is 0 Å². The van der Waals surface area contributed by atoms with Crippen molar-refractivity contribution in [2.24, 2.45) is 13.0 Å². The Labute approximate surface area is 92.6 Å². The molecule has 1 saturated carbocycles. The summed E-state index contributed by atoms with van der Waals surface area (Å²) in [5.41, 5.74) is 0. The Kier molecular flexibility index (Phi) is 3.35. The minimum atomic E-state index is 0.290. The van der Waals surface area contributed by atoms with Gasteiger partial charge in [0, 0.05) is 25.1 Å². The molecule has 1 aliphatic carbocycles. The average Bonchev–Trinajstić information content (AvgIpc) is 2.78. The lowest BCUT2D eigenvalue weighted by molar-refractivity contribution is -0.120. The van der Waals surface area contributed by atoms with Crippen molar-refractivity contribution in [1.29, 1.82) is 0 Å². The second-order valence-corrected chi connectivity index (χ2v) is 4.84. The highest BCUT2D eigenvalue weighted by Gasteiger charge is 2.23. The van der Waals surface area contributed by atoms with E-state index in [1.54, 1.807) is 16.4 Å². The number of nitrogens with zero attached hydrogens (tertiary/aromatic N) is 4. The minimum Gasteiger partial charge on any atom is -0.299 e. The molecule has 0 N–H and O–H groups in total. The minimum absolute atomic E-state index is 0.290. The van der Waals surface area contributed by atoms with E-state index in [4.69, 9.17) is 0 Å². The summed E-state index contributed by atoms with van der Waals surface area (Å²) in [5, 5.41) is 12.0. The van der Waals surface area contributed by atoms with Crippen LogP contribution in [0.2, 0.25) is 0 Å². The van der Waals surface area contributed by atoms with E-state index in [-0.39, 0.29) is 0 Å². The summed E-state index contributed by atoms with van der Waals surface area (Å²) < 4.78 is 1.65. The quantitative estimate of drug-likeness (QED) is 0.718. The third-order valence-electron chi connectivity index (χ3n) is 2.71. The van der Waals surface area contributed by atoms with Crippen LogP contribution in [0.3, 0.4) is 0 Å². The van der Waals surface area contributed by atoms with E-state index >= 15 is 0 Å². The summed E-state index contributed by atoms with van der Waals surface area (Å²) in [6.07, 6.45) is 3.87. The molecule has 1 unspecified atom stereocenters. The van der Waals surface area contributed by atoms with Crippen LogP contribution in [0.1, 0.15) is 25.7 Å². The van der Waals surface area contributed by atoms with E-state index in [9.17, 15) is 4.79 Å². The molecule has 0 amide bonds. The van der Waals surface area contributed by atoms with Crippen LogP contribution in [0.15, 0.2) is 5.16 Å². The van der Waals surface area contributed by atoms with Crippen LogP contribution in [0.4, 0.5) is 0 Å². The fourth-order valence-electron chi connectivity index (χ4n) is 1.83. The zero-order valence-electron chi connectivity index (χ0n) is 8.72. The molecular weight excluding hydrogens is 212 g/mol. The Morgan fingerprint density at radius 1 is 1.60 bits per heavy atom. The highest BCUT2D eigenvalue weighted by molar-refractivity contribution is 7.99. The molecule has 1 aromatic rings. The Bertz CT molecular complexity index is 352. The molecule has 1 heterocycles. The second kappa shape index (κ2) is 4.74. The number of aromatic nitrogens is 4. The zero-order valence-corrected chi connectivity index (χ0v) is 9.53. The SMILES string of the molecule is Cn1nnnc1SCCC1CCCC1=O. The highest BCUT2D eigenvalue weighted by Crippen LogP contribution is 2.26. The smallest absolute Gasteiger partial charge is 0.209 e. The van der Waals surface area contributed by atoms with E-state index in [0.717, 1.165) is 36.6 Å². The predicted octanol–water partition coefficient (Wildman–Crippen LogP) is 1.06. The van der Waals surface area contributed by atoms with Crippen LogP contribution in [0.25, 0.3) is 0 Å². The maximum atomic E-state index is 11.4. The van der Waals surface area contributed by atoms with Gasteiger partial charge in [0.05, 0.1) is 0 Å². The normalized spacial score (nSPS) is 21.1. The summed E-state index contributed by atoms with van der Waals surface area (Å²) in [4.78, 5) is 11.4. The Balaban J connectivity index is 1.75. The predicted molar refractivity (Wildman–Crippen MR) is 56.5 cm³/mol. The molecule has 1 aliphatic rings. The van der Waals surface area contributed by atoms with Crippen LogP contribution in [0.5, 0.6) is 0 Å². The van der Waals surface area contributed by atoms with Crippen molar-refractivity contribution < 1.29 is 4.79 Å². The molecule has 82 valence electrons. The number of aryl methyl sites for hydroxylation is 1. The number of hydrogen-bond donors (Lipinski definition) is 0. The van der Waals surface area contributed by atoms with E-state index in [0.29, 0.717) is 11.7 Å². The Morgan fingerprint density at radius 2 is 2.47 bits per heavy atom. The molecule has 0 bridgehead atoms. The average molecular weight is 226 g/mol. The summed E-state index contributed by atoms with van der Waals surface area (Å²) in [6.45, 7) is 0. The van der Waals surface area contributed by atoms with Gasteiger partial charge < -0.3 is 0 Å². The van der Waals surface area contributed by atoms with Gasteiger partial charge in [0.25, 0.3) is 0 Å². The van der Waals surface area contributed by atoms with E-state index in [2.05, 4.69) is 15.5 Å². The molecule has 1 fully saturated rings. The first-order valence-corrected chi connectivity index (χ1v) is 6.14. The number of hydrogen-bond acceptors (Lipinski definition) is 5. The van der Waals surface area contributed by atoms with Crippen molar-refractivity contribution >= 4 is 17.5 Å². The lowest BCUT2D eigenvalue weighted by atomic mass is 10.1. The molecule has 15 heavy (non-hydrogen) atoms. The molecule has 0 spiro atoms. The molecule has 0 radical (unpaired) electrons. The molecular formula is C9H14N4OS. The van der Waals surface area contributed by atoms with Crippen molar-refractivity contribution in [3.63, 3.8) is 0 Å². The van der Waals surface area contributed by atoms with E-state index < -0.39 is 0 Å². The first kappa shape index (κ1) is 10.6. The standard InChI is InChI=1S/C9H14N4OS/c1-13-9(10-11-12-13)15-6-5-7-3-2-4-8(7)14/h7H,2-6H2,1H3. The lowest BCUT2D eigenvalue weighted by Gasteiger charge is -2.05. The number of Topliss-reactive ketones (excluding diaryl/α,β-unsaturated/α-hetero) is 1. The fraction of sp³-hybridized carbons (Fsp3) is 0.778. The number of thioether (sulfide) groups is 1. The summed E-state index contributed by atoms with van der Waals surface area (Å²) in [6, 6.07) is 0. The van der Waals surface area contributed by atoms with Crippen LogP contribution in [0, 0.1) is 5.92 Å². The van der Waals surface area contributed by atoms with Crippen molar-refractivity contribution in [1.82, 2.24) is 20.2 Å². The summed E-state index contributed by atoms with van der Waals surface area (Å²) >= 11 is 1.62. The molecule has 5 nitrogen and oxygen atoms in total. The molecule has 0 aromatic carbocycles. The molecule has 6 heteroatoms. The molecule has 1 aromatic heterocycles. The van der Waals surface area contributed by atoms with Gasteiger partial charge in [0.1, 0.15) is 5.78 Å². The number of ketones is 1. The van der Waals surface area contributed by atoms with Crippen LogP contribution in [-0.4, -0.2) is 31.7 Å². The lowest BCUT2D eigenvalue weighted by Crippen LogP contribution is -2.07. The van der Waals surface area contributed by atoms with Gasteiger partial charge in [-0.1, -0.05) is 11.8 Å². The van der Waals surface area contributed by atoms with E-state index in [1.165, 1.54) is 0 Å². The monoisotopic (exact) mass is 226 g/mol. The fourth-order valence-corrected chi connectivity index (χ4v) is 2.73. The van der Waals surface area contributed by atoms with Gasteiger partial charge in [-0.3, -0.25) is 4.79 Å². The highest BCUT2D eigenvalue weighted by atomic mass is 32.2. The third kappa shape index (κ3) is 2.56. The van der Waals surface area contributed by atoms with Crippen molar-refractivity contribution in [2.75, 3.05) is 5.75 Å². The topological polar surface area (TPSA) is 60.7 Å². The van der Waals surface area contributed by atoms with Gasteiger partial charge >= 0.3 is 0 Å². The van der Waals surface area contributed by atoms with Gasteiger partial charge in [-0.25, -0.2) is 4.68 Å². The maximum absolute atomic E-state index is 11.4. The van der Waals surface area contributed by atoms with Gasteiger partial charge in [-0.15, -0.1) is 5.10 Å². The molecule has 1 atom stereocenters. The zero-order chi connectivity index (χ0) is 10.7.